The predicted octanol–water partition coefficient (Wildman–Crippen LogP) is 4.81. The van der Waals surface area contributed by atoms with E-state index >= 15 is 0 Å². The summed E-state index contributed by atoms with van der Waals surface area (Å²) in [5, 5.41) is 0.928. The first-order valence-electron chi connectivity index (χ1n) is 6.33. The molecule has 2 aliphatic carbocycles. The van der Waals surface area contributed by atoms with Gasteiger partial charge in [-0.15, -0.1) is 0 Å². The summed E-state index contributed by atoms with van der Waals surface area (Å²) in [5.41, 5.74) is 2.72. The van der Waals surface area contributed by atoms with E-state index in [-0.39, 0.29) is 5.41 Å². The van der Waals surface area contributed by atoms with Gasteiger partial charge < -0.3 is 0 Å². The Morgan fingerprint density at radius 1 is 1.24 bits per heavy atom. The maximum atomic E-state index is 6.47. The van der Waals surface area contributed by atoms with Crippen molar-refractivity contribution in [1.82, 2.24) is 0 Å². The van der Waals surface area contributed by atoms with Gasteiger partial charge in [0.05, 0.1) is 0 Å². The van der Waals surface area contributed by atoms with Crippen LogP contribution >= 0.6 is 11.6 Å². The fourth-order valence-corrected chi connectivity index (χ4v) is 3.37. The van der Waals surface area contributed by atoms with Gasteiger partial charge in [0.2, 0.25) is 0 Å². The van der Waals surface area contributed by atoms with Gasteiger partial charge in [-0.1, -0.05) is 48.0 Å². The summed E-state index contributed by atoms with van der Waals surface area (Å²) in [6.45, 7) is 2.09. The highest BCUT2D eigenvalue weighted by molar-refractivity contribution is 6.31. The Hall–Kier alpha value is -1.01. The molecule has 0 aromatic heterocycles. The van der Waals surface area contributed by atoms with E-state index in [9.17, 15) is 0 Å². The third-order valence-electron chi connectivity index (χ3n) is 4.03. The first-order valence-corrected chi connectivity index (χ1v) is 6.71. The summed E-state index contributed by atoms with van der Waals surface area (Å²) < 4.78 is 0. The van der Waals surface area contributed by atoms with Gasteiger partial charge in [0.25, 0.3) is 0 Å². The zero-order chi connectivity index (χ0) is 11.9. The molecule has 0 N–H and O–H groups in total. The van der Waals surface area contributed by atoms with Gasteiger partial charge >= 0.3 is 0 Å². The summed E-state index contributed by atoms with van der Waals surface area (Å²) in [6, 6.07) is 6.49. The van der Waals surface area contributed by atoms with Gasteiger partial charge in [-0.2, -0.15) is 0 Å². The molecule has 1 atom stereocenters. The van der Waals surface area contributed by atoms with E-state index in [2.05, 4.69) is 49.4 Å². The van der Waals surface area contributed by atoms with E-state index in [4.69, 9.17) is 11.6 Å². The quantitative estimate of drug-likeness (QED) is 0.700. The lowest BCUT2D eigenvalue weighted by Crippen LogP contribution is -2.27. The smallest absolute Gasteiger partial charge is 0.0449 e. The van der Waals surface area contributed by atoms with E-state index in [1.165, 1.54) is 24.0 Å². The first kappa shape index (κ1) is 11.1. The van der Waals surface area contributed by atoms with Crippen LogP contribution in [-0.4, -0.2) is 0 Å². The van der Waals surface area contributed by atoms with Crippen LogP contribution in [0.2, 0.25) is 5.02 Å². The van der Waals surface area contributed by atoms with Crippen LogP contribution in [-0.2, 0) is 5.41 Å². The molecule has 1 aromatic rings. The minimum Gasteiger partial charge on any atom is -0.0840 e. The molecule has 1 unspecified atom stereocenters. The molecular weight excluding hydrogens is 228 g/mol. The number of rotatable bonds is 2. The average Bonchev–Trinajstić information content (AvgIpc) is 3.14. The summed E-state index contributed by atoms with van der Waals surface area (Å²) in [7, 11) is 0. The lowest BCUT2D eigenvalue weighted by atomic mass is 9.71. The Balaban J connectivity index is 2.10. The van der Waals surface area contributed by atoms with Crippen LogP contribution in [0.4, 0.5) is 0 Å². The lowest BCUT2D eigenvalue weighted by molar-refractivity contribution is 0.467. The third kappa shape index (κ3) is 1.85. The minimum absolute atomic E-state index is 0.166. The second-order valence-corrected chi connectivity index (χ2v) is 5.70. The molecule has 3 rings (SSSR count). The Labute approximate surface area is 108 Å². The largest absolute Gasteiger partial charge is 0.0840 e. The number of allylic oxidation sites excluding steroid dienone is 4. The Morgan fingerprint density at radius 2 is 2.06 bits per heavy atom. The van der Waals surface area contributed by atoms with E-state index in [0.29, 0.717) is 0 Å². The van der Waals surface area contributed by atoms with Crippen molar-refractivity contribution < 1.29 is 0 Å². The van der Waals surface area contributed by atoms with Crippen LogP contribution in [0.25, 0.3) is 0 Å². The highest BCUT2D eigenvalue weighted by atomic mass is 35.5. The third-order valence-corrected chi connectivity index (χ3v) is 4.34. The van der Waals surface area contributed by atoms with Crippen LogP contribution in [0.3, 0.4) is 0 Å². The lowest BCUT2D eigenvalue weighted by Gasteiger charge is -2.33. The van der Waals surface area contributed by atoms with E-state index < -0.39 is 0 Å². The topological polar surface area (TPSA) is 0 Å². The van der Waals surface area contributed by atoms with E-state index in [1.54, 1.807) is 0 Å². The molecule has 0 amide bonds. The van der Waals surface area contributed by atoms with Gasteiger partial charge in [-0.25, -0.2) is 0 Å². The Morgan fingerprint density at radius 3 is 2.65 bits per heavy atom. The van der Waals surface area contributed by atoms with Crippen molar-refractivity contribution >= 4 is 11.6 Å². The van der Waals surface area contributed by atoms with E-state index in [0.717, 1.165) is 17.4 Å². The number of hydrogen-bond acceptors (Lipinski definition) is 0. The van der Waals surface area contributed by atoms with Crippen molar-refractivity contribution in [2.45, 2.75) is 31.6 Å². The fourth-order valence-electron chi connectivity index (χ4n) is 2.96. The molecule has 88 valence electrons. The molecule has 0 nitrogen and oxygen atoms in total. The van der Waals surface area contributed by atoms with Gasteiger partial charge in [-0.3, -0.25) is 0 Å². The molecule has 1 aromatic carbocycles. The molecule has 0 heterocycles. The monoisotopic (exact) mass is 244 g/mol. The molecular formula is C16H17Cl. The van der Waals surface area contributed by atoms with Crippen LogP contribution in [0.1, 0.15) is 30.4 Å². The molecule has 0 radical (unpaired) electrons. The number of halogens is 1. The Bertz CT molecular complexity index is 494. The zero-order valence-corrected chi connectivity index (χ0v) is 10.9. The second kappa shape index (κ2) is 4.03. The summed E-state index contributed by atoms with van der Waals surface area (Å²) in [4.78, 5) is 0. The van der Waals surface area contributed by atoms with Crippen molar-refractivity contribution in [3.05, 3.63) is 58.7 Å². The summed E-state index contributed by atoms with van der Waals surface area (Å²) >= 11 is 6.47. The van der Waals surface area contributed by atoms with Crippen molar-refractivity contribution in [2.24, 2.45) is 5.92 Å². The predicted molar refractivity (Wildman–Crippen MR) is 73.5 cm³/mol. The van der Waals surface area contributed by atoms with Gasteiger partial charge in [-0.05, 0) is 49.3 Å². The molecule has 1 saturated carbocycles. The van der Waals surface area contributed by atoms with Crippen molar-refractivity contribution in [3.8, 4) is 0 Å². The first-order chi connectivity index (χ1) is 8.22. The molecule has 2 aliphatic rings. The van der Waals surface area contributed by atoms with Gasteiger partial charge in [0.1, 0.15) is 0 Å². The summed E-state index contributed by atoms with van der Waals surface area (Å²) in [6.07, 6.45) is 12.7. The molecule has 0 saturated heterocycles. The molecule has 1 fully saturated rings. The van der Waals surface area contributed by atoms with Crippen molar-refractivity contribution in [3.63, 3.8) is 0 Å². The number of benzene rings is 1. The molecule has 0 aliphatic heterocycles. The highest BCUT2D eigenvalue weighted by Crippen LogP contribution is 2.53. The van der Waals surface area contributed by atoms with Gasteiger partial charge in [0.15, 0.2) is 0 Å². The number of hydrogen-bond donors (Lipinski definition) is 0. The minimum atomic E-state index is 0.166. The number of aryl methyl sites for hydroxylation is 1. The zero-order valence-electron chi connectivity index (χ0n) is 10.1. The highest BCUT2D eigenvalue weighted by Gasteiger charge is 2.45. The second-order valence-electron chi connectivity index (χ2n) is 5.29. The normalized spacial score (nSPS) is 27.4. The van der Waals surface area contributed by atoms with Crippen LogP contribution < -0.4 is 0 Å². The molecule has 0 bridgehead atoms. The SMILES string of the molecule is Cc1ccc(C2(C3CC3)C=CC=CC2)c(Cl)c1. The molecule has 17 heavy (non-hydrogen) atoms. The van der Waals surface area contributed by atoms with Crippen LogP contribution in [0.15, 0.2) is 42.5 Å². The summed E-state index contributed by atoms with van der Waals surface area (Å²) in [5.74, 6) is 0.781. The van der Waals surface area contributed by atoms with Gasteiger partial charge in [0, 0.05) is 10.4 Å². The maximum Gasteiger partial charge on any atom is 0.0449 e. The van der Waals surface area contributed by atoms with Crippen molar-refractivity contribution in [2.75, 3.05) is 0 Å². The molecule has 0 spiro atoms. The standard InChI is InChI=1S/C16H17Cl/c1-12-5-8-14(15(17)11-12)16(13-6-7-13)9-3-2-4-10-16/h2-5,8-9,11,13H,6-7,10H2,1H3. The molecule has 1 heteroatoms. The van der Waals surface area contributed by atoms with Crippen LogP contribution in [0, 0.1) is 12.8 Å². The maximum absolute atomic E-state index is 6.47. The van der Waals surface area contributed by atoms with Crippen LogP contribution in [0.5, 0.6) is 0 Å². The average molecular weight is 245 g/mol. The van der Waals surface area contributed by atoms with E-state index in [1.807, 2.05) is 0 Å². The fraction of sp³-hybridized carbons (Fsp3) is 0.375. The van der Waals surface area contributed by atoms with Crippen molar-refractivity contribution in [1.29, 1.82) is 0 Å². The Kier molecular flexibility index (Phi) is 2.63.